The van der Waals surface area contributed by atoms with Crippen LogP contribution in [0.15, 0.2) is 4.99 Å². The second-order valence-electron chi connectivity index (χ2n) is 6.30. The lowest BCUT2D eigenvalue weighted by Gasteiger charge is -2.16. The molecule has 0 aliphatic carbocycles. The van der Waals surface area contributed by atoms with Gasteiger partial charge in [-0.3, -0.25) is 4.99 Å². The van der Waals surface area contributed by atoms with E-state index < -0.39 is 0 Å². The molecule has 0 aromatic rings. The summed E-state index contributed by atoms with van der Waals surface area (Å²) in [6, 6.07) is 0. The zero-order valence-corrected chi connectivity index (χ0v) is 17.4. The van der Waals surface area contributed by atoms with Gasteiger partial charge in [-0.25, -0.2) is 0 Å². The predicted octanol–water partition coefficient (Wildman–Crippen LogP) is 1.84. The van der Waals surface area contributed by atoms with Gasteiger partial charge in [-0.2, -0.15) is 0 Å². The van der Waals surface area contributed by atoms with Crippen molar-refractivity contribution in [1.29, 1.82) is 0 Å². The molecule has 0 spiro atoms. The third kappa shape index (κ3) is 9.39. The third-order valence-electron chi connectivity index (χ3n) is 4.30. The highest BCUT2D eigenvalue weighted by Crippen LogP contribution is 2.08. The van der Waals surface area contributed by atoms with Gasteiger partial charge in [0.15, 0.2) is 5.96 Å². The Morgan fingerprint density at radius 1 is 1.25 bits per heavy atom. The normalized spacial score (nSPS) is 21.7. The number of aliphatic imine (C=N–C) groups is 1. The lowest BCUT2D eigenvalue weighted by atomic mass is 10.3. The summed E-state index contributed by atoms with van der Waals surface area (Å²) in [5, 5.41) is 6.74. The Morgan fingerprint density at radius 2 is 2.08 bits per heavy atom. The number of halogens is 1. The van der Waals surface area contributed by atoms with Crippen LogP contribution in [-0.2, 0) is 9.47 Å². The second kappa shape index (κ2) is 14.1. The van der Waals surface area contributed by atoms with Crippen LogP contribution >= 0.6 is 24.0 Å². The molecule has 0 radical (unpaired) electrons. The van der Waals surface area contributed by atoms with E-state index in [0.29, 0.717) is 6.10 Å². The molecule has 0 saturated carbocycles. The minimum atomic E-state index is 0. The lowest BCUT2D eigenvalue weighted by Crippen LogP contribution is -2.38. The largest absolute Gasteiger partial charge is 0.379 e. The molecule has 7 heteroatoms. The monoisotopic (exact) mass is 454 g/mol. The quantitative estimate of drug-likeness (QED) is 0.228. The Labute approximate surface area is 164 Å². The first-order valence-corrected chi connectivity index (χ1v) is 9.32. The Bertz CT molecular complexity index is 333. The van der Waals surface area contributed by atoms with E-state index in [2.05, 4.69) is 27.4 Å². The second-order valence-corrected chi connectivity index (χ2v) is 6.30. The smallest absolute Gasteiger partial charge is 0.191 e. The van der Waals surface area contributed by atoms with Gasteiger partial charge in [0.2, 0.25) is 0 Å². The van der Waals surface area contributed by atoms with Crippen molar-refractivity contribution in [3.05, 3.63) is 0 Å². The van der Waals surface area contributed by atoms with Crippen LogP contribution in [0, 0.1) is 0 Å². The number of hydrogen-bond donors (Lipinski definition) is 2. The standard InChI is InChI=1S/C17H34N4O2.HI/c1-2-18-17(19-8-5-12-21-10-3-4-11-21)20-9-6-13-23-16-7-14-22-15-16;/h16H,2-15H2,1H3,(H2,18,19,20);1H. The molecule has 2 N–H and O–H groups in total. The van der Waals surface area contributed by atoms with E-state index in [4.69, 9.17) is 9.47 Å². The van der Waals surface area contributed by atoms with Crippen LogP contribution in [0.5, 0.6) is 0 Å². The lowest BCUT2D eigenvalue weighted by molar-refractivity contribution is 0.0424. The molecule has 0 aromatic heterocycles. The zero-order valence-electron chi connectivity index (χ0n) is 15.1. The van der Waals surface area contributed by atoms with Crippen LogP contribution in [0.3, 0.4) is 0 Å². The van der Waals surface area contributed by atoms with E-state index in [9.17, 15) is 0 Å². The van der Waals surface area contributed by atoms with Gasteiger partial charge in [0.25, 0.3) is 0 Å². The van der Waals surface area contributed by atoms with Gasteiger partial charge in [0, 0.05) is 32.8 Å². The predicted molar refractivity (Wildman–Crippen MR) is 109 cm³/mol. The average molecular weight is 454 g/mol. The fourth-order valence-electron chi connectivity index (χ4n) is 3.01. The minimum Gasteiger partial charge on any atom is -0.379 e. The summed E-state index contributed by atoms with van der Waals surface area (Å²) in [7, 11) is 0. The first-order valence-electron chi connectivity index (χ1n) is 9.32. The Balaban J connectivity index is 0.00000288. The molecule has 2 fully saturated rings. The van der Waals surface area contributed by atoms with Crippen molar-refractivity contribution in [2.45, 2.75) is 45.1 Å². The maximum Gasteiger partial charge on any atom is 0.191 e. The summed E-state index contributed by atoms with van der Waals surface area (Å²) in [5.74, 6) is 0.929. The van der Waals surface area contributed by atoms with Crippen LogP contribution < -0.4 is 10.6 Å². The first kappa shape index (κ1) is 21.9. The van der Waals surface area contributed by atoms with E-state index in [1.54, 1.807) is 0 Å². The fourth-order valence-corrected chi connectivity index (χ4v) is 3.01. The van der Waals surface area contributed by atoms with E-state index in [-0.39, 0.29) is 24.0 Å². The van der Waals surface area contributed by atoms with Crippen LogP contribution in [0.4, 0.5) is 0 Å². The topological polar surface area (TPSA) is 58.1 Å². The van der Waals surface area contributed by atoms with Gasteiger partial charge in [-0.05, 0) is 58.7 Å². The number of rotatable bonds is 10. The number of likely N-dealkylation sites (tertiary alicyclic amines) is 1. The SMILES string of the molecule is CCNC(=NCCCOC1CCOC1)NCCCN1CCCC1.I. The number of hydrogen-bond acceptors (Lipinski definition) is 4. The van der Waals surface area contributed by atoms with Crippen molar-refractivity contribution in [1.82, 2.24) is 15.5 Å². The van der Waals surface area contributed by atoms with E-state index in [1.165, 1.54) is 38.9 Å². The third-order valence-corrected chi connectivity index (χ3v) is 4.30. The number of ether oxygens (including phenoxy) is 2. The molecule has 2 rings (SSSR count). The highest BCUT2D eigenvalue weighted by Gasteiger charge is 2.15. The van der Waals surface area contributed by atoms with Crippen molar-refractivity contribution in [3.63, 3.8) is 0 Å². The van der Waals surface area contributed by atoms with Gasteiger partial charge in [0.1, 0.15) is 0 Å². The van der Waals surface area contributed by atoms with Gasteiger partial charge >= 0.3 is 0 Å². The van der Waals surface area contributed by atoms with Crippen LogP contribution in [0.25, 0.3) is 0 Å². The van der Waals surface area contributed by atoms with Gasteiger partial charge in [-0.1, -0.05) is 0 Å². The molecule has 1 atom stereocenters. The van der Waals surface area contributed by atoms with E-state index in [1.807, 2.05) is 0 Å². The summed E-state index contributed by atoms with van der Waals surface area (Å²) < 4.78 is 11.1. The molecule has 2 aliphatic rings. The van der Waals surface area contributed by atoms with Crippen molar-refractivity contribution in [3.8, 4) is 0 Å². The summed E-state index contributed by atoms with van der Waals surface area (Å²) in [6.07, 6.45) is 6.20. The van der Waals surface area contributed by atoms with Gasteiger partial charge in [-0.15, -0.1) is 24.0 Å². The molecule has 142 valence electrons. The number of nitrogens with one attached hydrogen (secondary N) is 2. The molecule has 0 aromatic carbocycles. The van der Waals surface area contributed by atoms with Crippen molar-refractivity contribution in [2.24, 2.45) is 4.99 Å². The van der Waals surface area contributed by atoms with Gasteiger partial charge < -0.3 is 25.0 Å². The molecule has 0 amide bonds. The molecule has 1 unspecified atom stereocenters. The minimum absolute atomic E-state index is 0. The Hall–Kier alpha value is -0.120. The van der Waals surface area contributed by atoms with Gasteiger partial charge in [0.05, 0.1) is 12.7 Å². The zero-order chi connectivity index (χ0) is 16.2. The maximum atomic E-state index is 5.76. The van der Waals surface area contributed by atoms with Crippen LogP contribution in [-0.4, -0.2) is 76.1 Å². The van der Waals surface area contributed by atoms with Crippen molar-refractivity contribution < 1.29 is 9.47 Å². The fraction of sp³-hybridized carbons (Fsp3) is 0.941. The molecule has 2 aliphatic heterocycles. The van der Waals surface area contributed by atoms with Crippen molar-refractivity contribution >= 4 is 29.9 Å². The molecule has 2 saturated heterocycles. The first-order chi connectivity index (χ1) is 11.4. The Morgan fingerprint density at radius 3 is 2.79 bits per heavy atom. The maximum absolute atomic E-state index is 5.76. The highest BCUT2D eigenvalue weighted by molar-refractivity contribution is 14.0. The van der Waals surface area contributed by atoms with Crippen molar-refractivity contribution in [2.75, 3.05) is 59.1 Å². The van der Waals surface area contributed by atoms with E-state index >= 15 is 0 Å². The molecular formula is C17H35IN4O2. The molecule has 2 heterocycles. The highest BCUT2D eigenvalue weighted by atomic mass is 127. The molecular weight excluding hydrogens is 419 g/mol. The number of guanidine groups is 1. The number of nitrogens with zero attached hydrogens (tertiary/aromatic N) is 2. The molecule has 0 bridgehead atoms. The molecule has 6 nitrogen and oxygen atoms in total. The van der Waals surface area contributed by atoms with Crippen LogP contribution in [0.2, 0.25) is 0 Å². The van der Waals surface area contributed by atoms with E-state index in [0.717, 1.165) is 58.3 Å². The van der Waals surface area contributed by atoms with Crippen LogP contribution in [0.1, 0.15) is 39.0 Å². The Kier molecular flexibility index (Phi) is 12.9. The summed E-state index contributed by atoms with van der Waals surface area (Å²) in [6.45, 7) is 10.9. The summed E-state index contributed by atoms with van der Waals surface area (Å²) in [5.41, 5.74) is 0. The average Bonchev–Trinajstić information content (AvgIpc) is 3.24. The molecule has 24 heavy (non-hydrogen) atoms. The summed E-state index contributed by atoms with van der Waals surface area (Å²) in [4.78, 5) is 7.17. The summed E-state index contributed by atoms with van der Waals surface area (Å²) >= 11 is 0.